The van der Waals surface area contributed by atoms with Gasteiger partial charge >= 0.3 is 0 Å². The van der Waals surface area contributed by atoms with Gasteiger partial charge in [-0.2, -0.15) is 23.5 Å². The molecule has 2 nitrogen and oxygen atoms in total. The minimum absolute atomic E-state index is 0. The second-order valence-electron chi connectivity index (χ2n) is 3.06. The maximum atomic E-state index is 4.31. The number of nitrogens with zero attached hydrogens (tertiary/aromatic N) is 2. The minimum atomic E-state index is 0. The average molecular weight is 550 g/mol. The normalized spacial score (nSPS) is 18.1. The van der Waals surface area contributed by atoms with E-state index in [9.17, 15) is 0 Å². The SMILES string of the molecule is CSC1=NCCSC1.CSC1=NCCSC1.I.I. The van der Waals surface area contributed by atoms with Crippen molar-refractivity contribution in [3.05, 3.63) is 0 Å². The molecule has 2 aliphatic rings. The molecule has 108 valence electrons. The summed E-state index contributed by atoms with van der Waals surface area (Å²) in [6, 6.07) is 0. The Morgan fingerprint density at radius 1 is 0.833 bits per heavy atom. The van der Waals surface area contributed by atoms with Gasteiger partial charge in [-0.25, -0.2) is 0 Å². The van der Waals surface area contributed by atoms with E-state index in [1.54, 1.807) is 23.5 Å². The quantitative estimate of drug-likeness (QED) is 0.422. The Labute approximate surface area is 162 Å². The molecule has 0 radical (unpaired) electrons. The van der Waals surface area contributed by atoms with Crippen LogP contribution in [0.3, 0.4) is 0 Å². The van der Waals surface area contributed by atoms with Crippen LogP contribution in [0.4, 0.5) is 0 Å². The highest BCUT2D eigenvalue weighted by atomic mass is 127. The predicted molar refractivity (Wildman–Crippen MR) is 117 cm³/mol. The number of rotatable bonds is 0. The molecule has 0 N–H and O–H groups in total. The summed E-state index contributed by atoms with van der Waals surface area (Å²) >= 11 is 7.50. The van der Waals surface area contributed by atoms with E-state index in [0.717, 1.165) is 24.6 Å². The lowest BCUT2D eigenvalue weighted by molar-refractivity contribution is 1.14. The number of hydrogen-bond acceptors (Lipinski definition) is 6. The molecule has 2 rings (SSSR count). The van der Waals surface area contributed by atoms with Gasteiger partial charge in [0.2, 0.25) is 0 Å². The van der Waals surface area contributed by atoms with Crippen LogP contribution in [0, 0.1) is 0 Å². The molecule has 0 saturated heterocycles. The molecule has 2 heterocycles. The molecule has 0 spiro atoms. The zero-order chi connectivity index (χ0) is 11.6. The van der Waals surface area contributed by atoms with Crippen molar-refractivity contribution in [1.82, 2.24) is 0 Å². The van der Waals surface area contributed by atoms with Gasteiger partial charge in [-0.15, -0.1) is 71.5 Å². The van der Waals surface area contributed by atoms with E-state index in [2.05, 4.69) is 22.5 Å². The van der Waals surface area contributed by atoms with Crippen molar-refractivity contribution in [3.63, 3.8) is 0 Å². The molecule has 0 aromatic rings. The maximum absolute atomic E-state index is 4.31. The van der Waals surface area contributed by atoms with Crippen LogP contribution < -0.4 is 0 Å². The maximum Gasteiger partial charge on any atom is 0.0772 e. The second kappa shape index (κ2) is 15.6. The summed E-state index contributed by atoms with van der Waals surface area (Å²) in [5.74, 6) is 4.70. The lowest BCUT2D eigenvalue weighted by Gasteiger charge is -2.07. The van der Waals surface area contributed by atoms with Gasteiger partial charge in [0.15, 0.2) is 0 Å². The van der Waals surface area contributed by atoms with Gasteiger partial charge in [0.1, 0.15) is 0 Å². The van der Waals surface area contributed by atoms with E-state index >= 15 is 0 Å². The van der Waals surface area contributed by atoms with E-state index < -0.39 is 0 Å². The molecule has 0 saturated carbocycles. The Balaban J connectivity index is 0. The third-order valence-corrected chi connectivity index (χ3v) is 5.72. The Bertz CT molecular complexity index is 236. The van der Waals surface area contributed by atoms with Gasteiger partial charge in [0, 0.05) is 36.1 Å². The molecule has 0 aromatic carbocycles. The molecule has 0 aliphatic carbocycles. The largest absolute Gasteiger partial charge is 0.281 e. The highest BCUT2D eigenvalue weighted by Crippen LogP contribution is 2.13. The first kappa shape index (κ1) is 22.5. The fourth-order valence-electron chi connectivity index (χ4n) is 1.13. The van der Waals surface area contributed by atoms with Gasteiger partial charge in [0.25, 0.3) is 0 Å². The van der Waals surface area contributed by atoms with Gasteiger partial charge in [-0.05, 0) is 12.5 Å². The van der Waals surface area contributed by atoms with Crippen molar-refractivity contribution >= 4 is 105 Å². The summed E-state index contributed by atoms with van der Waals surface area (Å²) in [5.41, 5.74) is 0. The molecule has 0 amide bonds. The topological polar surface area (TPSA) is 24.7 Å². The molecule has 8 heteroatoms. The van der Waals surface area contributed by atoms with Crippen molar-refractivity contribution in [2.75, 3.05) is 48.6 Å². The molecular weight excluding hydrogens is 530 g/mol. The fraction of sp³-hybridized carbons (Fsp3) is 0.800. The Hall–Kier alpha value is 2.20. The van der Waals surface area contributed by atoms with Crippen LogP contribution in [0.5, 0.6) is 0 Å². The molecule has 0 fully saturated rings. The number of thioether (sulfide) groups is 4. The standard InChI is InChI=1S/2C5H9NS2.2HI/c2*1-7-5-4-8-3-2-6-5;;/h2*2-4H2,1H3;2*1H. The third kappa shape index (κ3) is 10.9. The minimum Gasteiger partial charge on any atom is -0.281 e. The highest BCUT2D eigenvalue weighted by molar-refractivity contribution is 14.0. The molecule has 2 aliphatic heterocycles. The molecule has 0 atom stereocenters. The highest BCUT2D eigenvalue weighted by Gasteiger charge is 2.02. The predicted octanol–water partition coefficient (Wildman–Crippen LogP) is 4.23. The summed E-state index contributed by atoms with van der Waals surface area (Å²) in [6.07, 6.45) is 4.18. The van der Waals surface area contributed by atoms with Crippen molar-refractivity contribution in [3.8, 4) is 0 Å². The van der Waals surface area contributed by atoms with Crippen molar-refractivity contribution in [2.45, 2.75) is 0 Å². The monoisotopic (exact) mass is 550 g/mol. The fourth-order valence-corrected chi connectivity index (χ4v) is 4.27. The zero-order valence-electron chi connectivity index (χ0n) is 10.6. The molecule has 18 heavy (non-hydrogen) atoms. The van der Waals surface area contributed by atoms with Crippen LogP contribution in [0.25, 0.3) is 0 Å². The van der Waals surface area contributed by atoms with Crippen LogP contribution in [0.1, 0.15) is 0 Å². The molecule has 0 bridgehead atoms. The molecule has 0 unspecified atom stereocenters. The number of halogens is 2. The second-order valence-corrected chi connectivity index (χ2v) is 7.03. The van der Waals surface area contributed by atoms with Gasteiger partial charge in [-0.3, -0.25) is 9.98 Å². The van der Waals surface area contributed by atoms with Crippen molar-refractivity contribution in [2.24, 2.45) is 9.98 Å². The zero-order valence-corrected chi connectivity index (χ0v) is 18.5. The lowest BCUT2D eigenvalue weighted by atomic mass is 10.7. The van der Waals surface area contributed by atoms with E-state index in [1.165, 1.54) is 21.6 Å². The molecule has 0 aromatic heterocycles. The van der Waals surface area contributed by atoms with E-state index in [4.69, 9.17) is 0 Å². The Morgan fingerprint density at radius 3 is 1.39 bits per heavy atom. The first-order chi connectivity index (χ1) is 7.86. The van der Waals surface area contributed by atoms with Crippen molar-refractivity contribution in [1.29, 1.82) is 0 Å². The summed E-state index contributed by atoms with van der Waals surface area (Å²) in [5, 5.41) is 2.61. The van der Waals surface area contributed by atoms with Crippen LogP contribution in [0.2, 0.25) is 0 Å². The first-order valence-electron chi connectivity index (χ1n) is 5.17. The van der Waals surface area contributed by atoms with Crippen LogP contribution in [0.15, 0.2) is 9.98 Å². The summed E-state index contributed by atoms with van der Waals surface area (Å²) in [7, 11) is 0. The number of aliphatic imine (C=N–C) groups is 2. The van der Waals surface area contributed by atoms with E-state index in [-0.39, 0.29) is 48.0 Å². The van der Waals surface area contributed by atoms with E-state index in [0.29, 0.717) is 0 Å². The third-order valence-electron chi connectivity index (χ3n) is 1.97. The smallest absolute Gasteiger partial charge is 0.0772 e. The van der Waals surface area contributed by atoms with Crippen LogP contribution >= 0.6 is 95.0 Å². The molecular formula is C10H20I2N2S4. The van der Waals surface area contributed by atoms with Crippen LogP contribution in [-0.2, 0) is 0 Å². The van der Waals surface area contributed by atoms with Gasteiger partial charge in [-0.1, -0.05) is 0 Å². The summed E-state index contributed by atoms with van der Waals surface area (Å²) < 4.78 is 0. The van der Waals surface area contributed by atoms with E-state index in [1.807, 2.05) is 23.5 Å². The Kier molecular flexibility index (Phi) is 19.5. The van der Waals surface area contributed by atoms with Gasteiger partial charge < -0.3 is 0 Å². The van der Waals surface area contributed by atoms with Crippen LogP contribution in [-0.4, -0.2) is 58.7 Å². The first-order valence-corrected chi connectivity index (χ1v) is 9.93. The lowest BCUT2D eigenvalue weighted by Crippen LogP contribution is -2.05. The Morgan fingerprint density at radius 2 is 1.22 bits per heavy atom. The summed E-state index contributed by atoms with van der Waals surface area (Å²) in [4.78, 5) is 8.61. The number of hydrogen-bond donors (Lipinski definition) is 0. The summed E-state index contributed by atoms with van der Waals surface area (Å²) in [6.45, 7) is 2.06. The van der Waals surface area contributed by atoms with Gasteiger partial charge in [0.05, 0.1) is 10.1 Å². The average Bonchev–Trinajstić information content (AvgIpc) is 2.41. The van der Waals surface area contributed by atoms with Crippen molar-refractivity contribution < 1.29 is 0 Å².